The molecule has 1 aromatic carbocycles. The zero-order chi connectivity index (χ0) is 14.0. The Bertz CT molecular complexity index is 647. The summed E-state index contributed by atoms with van der Waals surface area (Å²) >= 11 is 5.85. The molecule has 0 saturated carbocycles. The van der Waals surface area contributed by atoms with E-state index in [0.717, 1.165) is 12.0 Å². The van der Waals surface area contributed by atoms with Gasteiger partial charge in [-0.05, 0) is 38.1 Å². The predicted octanol–water partition coefficient (Wildman–Crippen LogP) is 2.95. The number of aryl methyl sites for hydroxylation is 1. The van der Waals surface area contributed by atoms with Crippen molar-refractivity contribution in [2.24, 2.45) is 0 Å². The number of amides is 1. The van der Waals surface area contributed by atoms with Crippen molar-refractivity contribution in [1.29, 1.82) is 0 Å². The minimum atomic E-state index is -0.276. The molecule has 1 aromatic heterocycles. The normalized spacial score (nSPS) is 10.3. The number of aldehydes is 1. The summed E-state index contributed by atoms with van der Waals surface area (Å²) < 4.78 is 1.59. The molecule has 5 heteroatoms. The molecular weight excluding hydrogens is 264 g/mol. The van der Waals surface area contributed by atoms with E-state index in [-0.39, 0.29) is 5.91 Å². The Labute approximate surface area is 116 Å². The molecular formula is C14H13ClN2O2. The maximum absolute atomic E-state index is 12.1. The first-order valence-electron chi connectivity index (χ1n) is 5.74. The minimum absolute atomic E-state index is 0.276. The van der Waals surface area contributed by atoms with Crippen molar-refractivity contribution in [3.05, 3.63) is 57.9 Å². The molecule has 0 aliphatic heterocycles. The van der Waals surface area contributed by atoms with Crippen LogP contribution in [-0.2, 0) is 0 Å². The first-order valence-corrected chi connectivity index (χ1v) is 6.11. The fourth-order valence-electron chi connectivity index (χ4n) is 1.87. The number of nitrogens with one attached hydrogen (secondary N) is 1. The van der Waals surface area contributed by atoms with E-state index in [0.29, 0.717) is 21.8 Å². The molecule has 0 aliphatic carbocycles. The molecule has 2 rings (SSSR count). The molecule has 4 nitrogen and oxygen atoms in total. The summed E-state index contributed by atoms with van der Waals surface area (Å²) in [6.07, 6.45) is 0.768. The van der Waals surface area contributed by atoms with Crippen LogP contribution in [-0.4, -0.2) is 16.9 Å². The summed E-state index contributed by atoms with van der Waals surface area (Å²) in [6.45, 7) is 3.59. The van der Waals surface area contributed by atoms with Gasteiger partial charge in [-0.3, -0.25) is 19.7 Å². The molecule has 1 amide bonds. The molecule has 1 heterocycles. The van der Waals surface area contributed by atoms with E-state index in [4.69, 9.17) is 11.6 Å². The molecule has 2 aromatic rings. The summed E-state index contributed by atoms with van der Waals surface area (Å²) in [6, 6.07) is 8.40. The van der Waals surface area contributed by atoms with Crippen LogP contribution in [0.2, 0.25) is 5.02 Å². The van der Waals surface area contributed by atoms with Crippen LogP contribution in [0.4, 0.5) is 0 Å². The van der Waals surface area contributed by atoms with Crippen LogP contribution in [0, 0.1) is 13.8 Å². The highest BCUT2D eigenvalue weighted by molar-refractivity contribution is 6.31. The zero-order valence-electron chi connectivity index (χ0n) is 10.6. The summed E-state index contributed by atoms with van der Waals surface area (Å²) in [5, 5.41) is 0.502. The van der Waals surface area contributed by atoms with Crippen molar-refractivity contribution in [3.63, 3.8) is 0 Å². The van der Waals surface area contributed by atoms with Gasteiger partial charge in [-0.1, -0.05) is 17.7 Å². The van der Waals surface area contributed by atoms with Crippen molar-refractivity contribution >= 4 is 23.8 Å². The van der Waals surface area contributed by atoms with E-state index >= 15 is 0 Å². The van der Waals surface area contributed by atoms with E-state index in [2.05, 4.69) is 5.43 Å². The van der Waals surface area contributed by atoms with E-state index < -0.39 is 0 Å². The third-order valence-corrected chi connectivity index (χ3v) is 3.13. The maximum atomic E-state index is 12.1. The third kappa shape index (κ3) is 2.69. The van der Waals surface area contributed by atoms with Crippen LogP contribution in [0.5, 0.6) is 0 Å². The lowest BCUT2D eigenvalue weighted by Gasteiger charge is -2.11. The molecule has 98 valence electrons. The van der Waals surface area contributed by atoms with Gasteiger partial charge in [0, 0.05) is 27.5 Å². The molecule has 0 atom stereocenters. The SMILES string of the molecule is Cc1cc(C=O)c(C)n1NC(=O)c1cccc(Cl)c1. The summed E-state index contributed by atoms with van der Waals surface area (Å²) in [5.74, 6) is -0.276. The molecule has 0 unspecified atom stereocenters. The number of rotatable bonds is 3. The molecule has 1 N–H and O–H groups in total. The molecule has 0 fully saturated rings. The van der Waals surface area contributed by atoms with Crippen molar-refractivity contribution in [2.45, 2.75) is 13.8 Å². The molecule has 0 spiro atoms. The van der Waals surface area contributed by atoms with Gasteiger partial charge < -0.3 is 0 Å². The van der Waals surface area contributed by atoms with E-state index in [9.17, 15) is 9.59 Å². The monoisotopic (exact) mass is 276 g/mol. The smallest absolute Gasteiger partial charge is 0.270 e. The quantitative estimate of drug-likeness (QED) is 0.876. The molecule has 0 saturated heterocycles. The van der Waals surface area contributed by atoms with Crippen molar-refractivity contribution < 1.29 is 9.59 Å². The number of benzene rings is 1. The van der Waals surface area contributed by atoms with E-state index in [1.54, 1.807) is 41.9 Å². The second kappa shape index (κ2) is 5.28. The topological polar surface area (TPSA) is 51.1 Å². The highest BCUT2D eigenvalue weighted by Crippen LogP contribution is 2.14. The van der Waals surface area contributed by atoms with Crippen LogP contribution in [0.15, 0.2) is 30.3 Å². The lowest BCUT2D eigenvalue weighted by atomic mass is 10.2. The average molecular weight is 277 g/mol. The summed E-state index contributed by atoms with van der Waals surface area (Å²) in [4.78, 5) is 22.9. The molecule has 19 heavy (non-hydrogen) atoms. The van der Waals surface area contributed by atoms with E-state index in [1.807, 2.05) is 6.92 Å². The predicted molar refractivity (Wildman–Crippen MR) is 74.4 cm³/mol. The Balaban J connectivity index is 2.29. The standard InChI is InChI=1S/C14H13ClN2O2/c1-9-6-12(8-18)10(2)17(9)16-14(19)11-4-3-5-13(15)7-11/h3-8H,1-2H3,(H,16,19). The van der Waals surface area contributed by atoms with Gasteiger partial charge in [0.15, 0.2) is 6.29 Å². The van der Waals surface area contributed by atoms with Crippen LogP contribution in [0.25, 0.3) is 0 Å². The number of hydrogen-bond donors (Lipinski definition) is 1. The van der Waals surface area contributed by atoms with Gasteiger partial charge in [-0.15, -0.1) is 0 Å². The Kier molecular flexibility index (Phi) is 3.71. The lowest BCUT2D eigenvalue weighted by Crippen LogP contribution is -2.24. The highest BCUT2D eigenvalue weighted by Gasteiger charge is 2.12. The van der Waals surface area contributed by atoms with Crippen molar-refractivity contribution in [2.75, 3.05) is 5.43 Å². The van der Waals surface area contributed by atoms with Gasteiger partial charge in [-0.25, -0.2) is 0 Å². The molecule has 0 aliphatic rings. The Hall–Kier alpha value is -2.07. The fraction of sp³-hybridized carbons (Fsp3) is 0.143. The first-order chi connectivity index (χ1) is 9.02. The summed E-state index contributed by atoms with van der Waals surface area (Å²) in [7, 11) is 0. The van der Waals surface area contributed by atoms with Crippen LogP contribution in [0.3, 0.4) is 0 Å². The number of aromatic nitrogens is 1. The van der Waals surface area contributed by atoms with Gasteiger partial charge in [0.1, 0.15) is 0 Å². The number of halogens is 1. The number of carbonyl (C=O) groups excluding carboxylic acids is 2. The summed E-state index contributed by atoms with van der Waals surface area (Å²) in [5.41, 5.74) is 5.25. The van der Waals surface area contributed by atoms with Gasteiger partial charge in [0.05, 0.1) is 0 Å². The van der Waals surface area contributed by atoms with Gasteiger partial charge in [-0.2, -0.15) is 0 Å². The zero-order valence-corrected chi connectivity index (χ0v) is 11.4. The first kappa shape index (κ1) is 13.4. The Morgan fingerprint density at radius 1 is 1.32 bits per heavy atom. The largest absolute Gasteiger partial charge is 0.298 e. The Morgan fingerprint density at radius 3 is 2.63 bits per heavy atom. The fourth-order valence-corrected chi connectivity index (χ4v) is 2.07. The minimum Gasteiger partial charge on any atom is -0.298 e. The molecule has 0 radical (unpaired) electrons. The maximum Gasteiger partial charge on any atom is 0.270 e. The third-order valence-electron chi connectivity index (χ3n) is 2.90. The highest BCUT2D eigenvalue weighted by atomic mass is 35.5. The average Bonchev–Trinajstić information content (AvgIpc) is 2.66. The van der Waals surface area contributed by atoms with Crippen molar-refractivity contribution in [3.8, 4) is 0 Å². The van der Waals surface area contributed by atoms with Gasteiger partial charge >= 0.3 is 0 Å². The van der Waals surface area contributed by atoms with Crippen LogP contribution >= 0.6 is 11.6 Å². The van der Waals surface area contributed by atoms with Crippen LogP contribution in [0.1, 0.15) is 32.1 Å². The van der Waals surface area contributed by atoms with Crippen molar-refractivity contribution in [1.82, 2.24) is 4.68 Å². The Morgan fingerprint density at radius 2 is 2.05 bits per heavy atom. The lowest BCUT2D eigenvalue weighted by molar-refractivity contribution is 0.101. The number of hydrogen-bond acceptors (Lipinski definition) is 2. The second-order valence-electron chi connectivity index (χ2n) is 4.23. The van der Waals surface area contributed by atoms with Crippen LogP contribution < -0.4 is 5.43 Å². The second-order valence-corrected chi connectivity index (χ2v) is 4.67. The van der Waals surface area contributed by atoms with Gasteiger partial charge in [0.25, 0.3) is 5.91 Å². The van der Waals surface area contributed by atoms with Gasteiger partial charge in [0.2, 0.25) is 0 Å². The number of nitrogens with zero attached hydrogens (tertiary/aromatic N) is 1. The van der Waals surface area contributed by atoms with E-state index in [1.165, 1.54) is 0 Å². The molecule has 0 bridgehead atoms. The number of carbonyl (C=O) groups is 2.